The van der Waals surface area contributed by atoms with Crippen molar-refractivity contribution in [1.29, 1.82) is 0 Å². The number of halogens is 1. The van der Waals surface area contributed by atoms with Crippen molar-refractivity contribution >= 4 is 16.7 Å². The number of aromatic nitrogens is 3. The molecule has 2 heterocycles. The SMILES string of the molecule is CCOc1cc(F)cc(-c2cc(OC)c3nc(-c4cccnc4)nc(NC)c3c2)c1. The molecule has 6 nitrogen and oxygen atoms in total. The lowest BCUT2D eigenvalue weighted by atomic mass is 10.0. The second-order valence-electron chi connectivity index (χ2n) is 6.57. The van der Waals surface area contributed by atoms with Crippen LogP contribution in [0, 0.1) is 5.82 Å². The van der Waals surface area contributed by atoms with Gasteiger partial charge in [0, 0.05) is 36.5 Å². The number of benzene rings is 2. The van der Waals surface area contributed by atoms with Gasteiger partial charge >= 0.3 is 0 Å². The molecule has 0 bridgehead atoms. The fourth-order valence-corrected chi connectivity index (χ4v) is 3.32. The Morgan fingerprint density at radius 2 is 1.87 bits per heavy atom. The van der Waals surface area contributed by atoms with Crippen molar-refractivity contribution in [3.63, 3.8) is 0 Å². The zero-order valence-electron chi connectivity index (χ0n) is 16.9. The van der Waals surface area contributed by atoms with Gasteiger partial charge < -0.3 is 14.8 Å². The summed E-state index contributed by atoms with van der Waals surface area (Å²) >= 11 is 0. The van der Waals surface area contributed by atoms with Crippen LogP contribution < -0.4 is 14.8 Å². The number of rotatable bonds is 6. The Labute approximate surface area is 173 Å². The number of fused-ring (bicyclic) bond motifs is 1. The van der Waals surface area contributed by atoms with Crippen LogP contribution in [0.15, 0.2) is 54.9 Å². The Morgan fingerprint density at radius 3 is 2.57 bits per heavy atom. The van der Waals surface area contributed by atoms with Crippen LogP contribution >= 0.6 is 0 Å². The van der Waals surface area contributed by atoms with E-state index >= 15 is 0 Å². The number of hydrogen-bond donors (Lipinski definition) is 1. The summed E-state index contributed by atoms with van der Waals surface area (Å²) in [5.74, 6) is 1.85. The molecule has 0 fully saturated rings. The lowest BCUT2D eigenvalue weighted by molar-refractivity contribution is 0.338. The molecule has 0 amide bonds. The lowest BCUT2D eigenvalue weighted by Gasteiger charge is -2.14. The van der Waals surface area contributed by atoms with Crippen LogP contribution in [0.1, 0.15) is 6.92 Å². The molecule has 0 aliphatic heterocycles. The zero-order chi connectivity index (χ0) is 21.1. The molecule has 0 aliphatic rings. The number of anilines is 1. The van der Waals surface area contributed by atoms with Crippen LogP contribution in [-0.2, 0) is 0 Å². The van der Waals surface area contributed by atoms with Gasteiger partial charge in [-0.15, -0.1) is 0 Å². The first-order chi connectivity index (χ1) is 14.6. The summed E-state index contributed by atoms with van der Waals surface area (Å²) in [5, 5.41) is 3.89. The van der Waals surface area contributed by atoms with Crippen LogP contribution in [-0.4, -0.2) is 35.7 Å². The first-order valence-electron chi connectivity index (χ1n) is 9.54. The van der Waals surface area contributed by atoms with Crippen molar-refractivity contribution in [3.8, 4) is 34.0 Å². The molecule has 152 valence electrons. The number of nitrogens with zero attached hydrogens (tertiary/aromatic N) is 3. The minimum atomic E-state index is -0.368. The van der Waals surface area contributed by atoms with Gasteiger partial charge in [-0.3, -0.25) is 4.98 Å². The van der Waals surface area contributed by atoms with E-state index in [0.29, 0.717) is 40.8 Å². The fourth-order valence-electron chi connectivity index (χ4n) is 3.32. The van der Waals surface area contributed by atoms with Crippen LogP contribution in [0.3, 0.4) is 0 Å². The Balaban J connectivity index is 1.93. The number of methoxy groups -OCH3 is 1. The maximum atomic E-state index is 14.2. The number of hydrogen-bond acceptors (Lipinski definition) is 6. The molecule has 4 rings (SSSR count). The molecular weight excluding hydrogens is 383 g/mol. The lowest BCUT2D eigenvalue weighted by Crippen LogP contribution is -2.01. The third-order valence-electron chi connectivity index (χ3n) is 4.66. The van der Waals surface area contributed by atoms with E-state index in [0.717, 1.165) is 16.5 Å². The fraction of sp³-hybridized carbons (Fsp3) is 0.174. The van der Waals surface area contributed by atoms with Gasteiger partial charge in [-0.1, -0.05) is 0 Å². The molecule has 0 saturated carbocycles. The maximum Gasteiger partial charge on any atom is 0.163 e. The van der Waals surface area contributed by atoms with Crippen molar-refractivity contribution in [2.45, 2.75) is 6.92 Å². The molecule has 0 saturated heterocycles. The summed E-state index contributed by atoms with van der Waals surface area (Å²) in [6.07, 6.45) is 3.41. The second-order valence-corrected chi connectivity index (χ2v) is 6.57. The van der Waals surface area contributed by atoms with Gasteiger partial charge in [0.25, 0.3) is 0 Å². The quantitative estimate of drug-likeness (QED) is 0.491. The third-order valence-corrected chi connectivity index (χ3v) is 4.66. The van der Waals surface area contributed by atoms with E-state index in [1.165, 1.54) is 12.1 Å². The molecule has 4 aromatic rings. The van der Waals surface area contributed by atoms with Gasteiger partial charge in [-0.05, 0) is 54.4 Å². The molecule has 2 aromatic heterocycles. The van der Waals surface area contributed by atoms with Crippen LogP contribution in [0.5, 0.6) is 11.5 Å². The molecule has 7 heteroatoms. The summed E-state index contributed by atoms with van der Waals surface area (Å²) in [6, 6.07) is 12.1. The summed E-state index contributed by atoms with van der Waals surface area (Å²) in [7, 11) is 3.38. The topological polar surface area (TPSA) is 69.2 Å². The Hall–Kier alpha value is -3.74. The Bertz CT molecular complexity index is 1200. The van der Waals surface area contributed by atoms with Crippen molar-refractivity contribution in [3.05, 3.63) is 60.7 Å². The number of nitrogens with one attached hydrogen (secondary N) is 1. The van der Waals surface area contributed by atoms with E-state index in [1.54, 1.807) is 32.6 Å². The highest BCUT2D eigenvalue weighted by atomic mass is 19.1. The molecule has 2 aromatic carbocycles. The average molecular weight is 404 g/mol. The van der Waals surface area contributed by atoms with Crippen molar-refractivity contribution in [2.24, 2.45) is 0 Å². The standard InChI is InChI=1S/C23H21FN4O2/c1-4-30-18-9-15(8-17(24)12-18)16-10-19-21(20(11-16)29-3)27-22(28-23(19)25-2)14-6-5-7-26-13-14/h5-13H,4H2,1-3H3,(H,25,27,28). The van der Waals surface area contributed by atoms with Gasteiger partial charge in [-0.2, -0.15) is 0 Å². The smallest absolute Gasteiger partial charge is 0.163 e. The van der Waals surface area contributed by atoms with E-state index in [9.17, 15) is 4.39 Å². The van der Waals surface area contributed by atoms with Crippen LogP contribution in [0.2, 0.25) is 0 Å². The molecule has 30 heavy (non-hydrogen) atoms. The van der Waals surface area contributed by atoms with E-state index in [4.69, 9.17) is 14.5 Å². The Kier molecular flexibility index (Phi) is 5.43. The highest BCUT2D eigenvalue weighted by molar-refractivity contribution is 5.97. The molecule has 0 aliphatic carbocycles. The van der Waals surface area contributed by atoms with Crippen molar-refractivity contribution in [2.75, 3.05) is 26.1 Å². The first-order valence-corrected chi connectivity index (χ1v) is 9.54. The Morgan fingerprint density at radius 1 is 1.03 bits per heavy atom. The minimum absolute atomic E-state index is 0.368. The average Bonchev–Trinajstić information content (AvgIpc) is 2.78. The molecule has 0 spiro atoms. The molecule has 1 N–H and O–H groups in total. The van der Waals surface area contributed by atoms with E-state index in [-0.39, 0.29) is 5.82 Å². The highest BCUT2D eigenvalue weighted by Crippen LogP contribution is 2.36. The monoisotopic (exact) mass is 404 g/mol. The summed E-state index contributed by atoms with van der Waals surface area (Å²) < 4.78 is 25.3. The molecule has 0 unspecified atom stereocenters. The van der Waals surface area contributed by atoms with E-state index < -0.39 is 0 Å². The zero-order valence-corrected chi connectivity index (χ0v) is 16.9. The number of ether oxygens (including phenoxy) is 2. The van der Waals surface area contributed by atoms with Crippen LogP contribution in [0.4, 0.5) is 10.2 Å². The summed E-state index contributed by atoms with van der Waals surface area (Å²) in [5.41, 5.74) is 2.90. The first kappa shape index (κ1) is 19.6. The molecular formula is C23H21FN4O2. The van der Waals surface area contributed by atoms with Crippen LogP contribution in [0.25, 0.3) is 33.4 Å². The highest BCUT2D eigenvalue weighted by Gasteiger charge is 2.16. The summed E-state index contributed by atoms with van der Waals surface area (Å²) in [4.78, 5) is 13.5. The number of pyridine rings is 1. The van der Waals surface area contributed by atoms with Gasteiger partial charge in [0.15, 0.2) is 5.82 Å². The van der Waals surface area contributed by atoms with Gasteiger partial charge in [0.1, 0.15) is 28.7 Å². The summed E-state index contributed by atoms with van der Waals surface area (Å²) in [6.45, 7) is 2.32. The van der Waals surface area contributed by atoms with E-state index in [1.807, 2.05) is 31.2 Å². The largest absolute Gasteiger partial charge is 0.494 e. The maximum absolute atomic E-state index is 14.2. The molecule has 0 atom stereocenters. The van der Waals surface area contributed by atoms with Gasteiger partial charge in [0.05, 0.1) is 13.7 Å². The normalized spacial score (nSPS) is 10.8. The molecule has 0 radical (unpaired) electrons. The third kappa shape index (κ3) is 3.74. The van der Waals surface area contributed by atoms with Crippen molar-refractivity contribution in [1.82, 2.24) is 15.0 Å². The second kappa shape index (κ2) is 8.32. The predicted octanol–water partition coefficient (Wildman–Crippen LogP) is 4.95. The van der Waals surface area contributed by atoms with E-state index in [2.05, 4.69) is 15.3 Å². The van der Waals surface area contributed by atoms with Gasteiger partial charge in [-0.25, -0.2) is 14.4 Å². The van der Waals surface area contributed by atoms with Gasteiger partial charge in [0.2, 0.25) is 0 Å². The minimum Gasteiger partial charge on any atom is -0.494 e. The predicted molar refractivity (Wildman–Crippen MR) is 115 cm³/mol. The van der Waals surface area contributed by atoms with Crippen molar-refractivity contribution < 1.29 is 13.9 Å².